The van der Waals surface area contributed by atoms with E-state index in [1.165, 1.54) is 22.2 Å². The van der Waals surface area contributed by atoms with E-state index in [0.717, 1.165) is 36.4 Å². The molecule has 0 unspecified atom stereocenters. The van der Waals surface area contributed by atoms with Crippen molar-refractivity contribution in [1.29, 1.82) is 0 Å². The first kappa shape index (κ1) is 17.6. The third kappa shape index (κ3) is 4.47. The molecule has 0 aliphatic carbocycles. The van der Waals surface area contributed by atoms with Crippen LogP contribution < -0.4 is 4.74 Å². The Balaban J connectivity index is 1.65. The summed E-state index contributed by atoms with van der Waals surface area (Å²) in [5, 5.41) is 3.29. The number of ether oxygens (including phenoxy) is 1. The van der Waals surface area contributed by atoms with Crippen molar-refractivity contribution in [2.75, 3.05) is 26.7 Å². The Morgan fingerprint density at radius 2 is 2.00 bits per heavy atom. The quantitative estimate of drug-likeness (QED) is 0.385. The van der Waals surface area contributed by atoms with Gasteiger partial charge in [-0.1, -0.05) is 18.2 Å². The average molecular weight is 355 g/mol. The van der Waals surface area contributed by atoms with E-state index in [9.17, 15) is 4.39 Å². The van der Waals surface area contributed by atoms with Gasteiger partial charge in [0.05, 0.1) is 6.61 Å². The minimum Gasteiger partial charge on any atom is -0.493 e. The molecule has 1 heterocycles. The van der Waals surface area contributed by atoms with Gasteiger partial charge in [0.2, 0.25) is 0 Å². The van der Waals surface area contributed by atoms with Crippen LogP contribution in [0.15, 0.2) is 60.5 Å². The van der Waals surface area contributed by atoms with Crippen molar-refractivity contribution in [1.82, 2.24) is 4.90 Å². The summed E-state index contributed by atoms with van der Waals surface area (Å²) in [4.78, 5) is 2.22. The van der Waals surface area contributed by atoms with Crippen molar-refractivity contribution in [2.45, 2.75) is 6.42 Å². The van der Waals surface area contributed by atoms with Crippen LogP contribution in [0.4, 0.5) is 4.39 Å². The summed E-state index contributed by atoms with van der Waals surface area (Å²) in [7, 11) is 2.08. The fraction of sp³-hybridized carbons (Fsp3) is 0.238. The first-order chi connectivity index (χ1) is 12.2. The zero-order valence-corrected chi connectivity index (χ0v) is 15.2. The number of benzene rings is 2. The molecule has 0 aliphatic rings. The van der Waals surface area contributed by atoms with E-state index >= 15 is 0 Å². The summed E-state index contributed by atoms with van der Waals surface area (Å²) < 4.78 is 20.2. The second-order valence-corrected chi connectivity index (χ2v) is 6.98. The smallest absolute Gasteiger partial charge is 0.123 e. The van der Waals surface area contributed by atoms with E-state index in [0.29, 0.717) is 6.61 Å². The van der Waals surface area contributed by atoms with Gasteiger partial charge in [-0.25, -0.2) is 4.39 Å². The fourth-order valence-electron chi connectivity index (χ4n) is 2.79. The topological polar surface area (TPSA) is 12.5 Å². The predicted octanol–water partition coefficient (Wildman–Crippen LogP) is 5.59. The van der Waals surface area contributed by atoms with Gasteiger partial charge in [0, 0.05) is 28.7 Å². The first-order valence-electron chi connectivity index (χ1n) is 8.37. The highest BCUT2D eigenvalue weighted by Crippen LogP contribution is 2.36. The highest BCUT2D eigenvalue weighted by Gasteiger charge is 2.08. The number of halogens is 1. The average Bonchev–Trinajstić information content (AvgIpc) is 3.03. The normalized spacial score (nSPS) is 11.2. The summed E-state index contributed by atoms with van der Waals surface area (Å²) in [6, 6.07) is 12.8. The Morgan fingerprint density at radius 3 is 2.76 bits per heavy atom. The lowest BCUT2D eigenvalue weighted by atomic mass is 10.0. The number of thiophene rings is 1. The molecule has 0 N–H and O–H groups in total. The molecule has 3 rings (SSSR count). The molecular weight excluding hydrogens is 333 g/mol. The van der Waals surface area contributed by atoms with Gasteiger partial charge in [0.1, 0.15) is 11.6 Å². The van der Waals surface area contributed by atoms with Gasteiger partial charge in [-0.15, -0.1) is 17.9 Å². The van der Waals surface area contributed by atoms with Gasteiger partial charge in [-0.3, -0.25) is 0 Å². The third-order valence-corrected chi connectivity index (χ3v) is 5.04. The molecule has 0 bridgehead atoms. The van der Waals surface area contributed by atoms with E-state index in [1.54, 1.807) is 11.3 Å². The number of rotatable bonds is 8. The molecule has 0 saturated carbocycles. The maximum atomic E-state index is 13.1. The lowest BCUT2D eigenvalue weighted by molar-refractivity contribution is 0.273. The predicted molar refractivity (Wildman–Crippen MR) is 105 cm³/mol. The van der Waals surface area contributed by atoms with Crippen molar-refractivity contribution in [2.24, 2.45) is 0 Å². The van der Waals surface area contributed by atoms with E-state index in [-0.39, 0.29) is 5.82 Å². The van der Waals surface area contributed by atoms with Crippen LogP contribution in [-0.2, 0) is 0 Å². The van der Waals surface area contributed by atoms with Crippen LogP contribution in [0.1, 0.15) is 6.42 Å². The van der Waals surface area contributed by atoms with Crippen LogP contribution in [0.2, 0.25) is 0 Å². The third-order valence-electron chi connectivity index (χ3n) is 4.10. The van der Waals surface area contributed by atoms with Crippen LogP contribution in [0.5, 0.6) is 5.75 Å². The van der Waals surface area contributed by atoms with Crippen molar-refractivity contribution < 1.29 is 9.13 Å². The molecule has 0 aliphatic heterocycles. The second kappa shape index (κ2) is 8.28. The van der Waals surface area contributed by atoms with Crippen molar-refractivity contribution >= 4 is 21.4 Å². The molecule has 25 heavy (non-hydrogen) atoms. The van der Waals surface area contributed by atoms with Crippen molar-refractivity contribution in [3.8, 4) is 16.9 Å². The number of nitrogens with zero attached hydrogens (tertiary/aromatic N) is 1. The van der Waals surface area contributed by atoms with Crippen molar-refractivity contribution in [3.05, 3.63) is 66.3 Å². The Hall–Kier alpha value is -2.17. The van der Waals surface area contributed by atoms with Crippen LogP contribution in [0, 0.1) is 5.82 Å². The molecule has 3 aromatic rings. The molecule has 0 amide bonds. The standard InChI is InChI=1S/C21H22FNOS/c1-3-11-23(2)12-4-13-24-18-9-10-19-20(15-25-21(19)14-18)16-5-7-17(22)8-6-16/h3,5-10,14-15H,1,4,11-13H2,2H3. The van der Waals surface area contributed by atoms with Gasteiger partial charge in [0.25, 0.3) is 0 Å². The zero-order valence-electron chi connectivity index (χ0n) is 14.4. The number of fused-ring (bicyclic) bond motifs is 1. The summed E-state index contributed by atoms with van der Waals surface area (Å²) in [5.41, 5.74) is 2.17. The fourth-order valence-corrected chi connectivity index (χ4v) is 3.78. The maximum absolute atomic E-state index is 13.1. The first-order valence-corrected chi connectivity index (χ1v) is 9.25. The maximum Gasteiger partial charge on any atom is 0.123 e. The van der Waals surface area contributed by atoms with Gasteiger partial charge in [0.15, 0.2) is 0 Å². The summed E-state index contributed by atoms with van der Waals surface area (Å²) in [5.74, 6) is 0.684. The van der Waals surface area contributed by atoms with Crippen LogP contribution in [0.25, 0.3) is 21.2 Å². The van der Waals surface area contributed by atoms with E-state index in [1.807, 2.05) is 24.3 Å². The highest BCUT2D eigenvalue weighted by atomic mass is 32.1. The summed E-state index contributed by atoms with van der Waals surface area (Å²) in [6.45, 7) is 6.33. The SMILES string of the molecule is C=CCN(C)CCCOc1ccc2c(-c3ccc(F)cc3)csc2c1. The van der Waals surface area contributed by atoms with E-state index in [2.05, 4.69) is 36.0 Å². The Kier molecular flexibility index (Phi) is 5.84. The molecule has 0 spiro atoms. The van der Waals surface area contributed by atoms with E-state index < -0.39 is 0 Å². The zero-order chi connectivity index (χ0) is 17.6. The van der Waals surface area contributed by atoms with E-state index in [4.69, 9.17) is 4.74 Å². The molecule has 0 radical (unpaired) electrons. The van der Waals surface area contributed by atoms with Crippen LogP contribution in [0.3, 0.4) is 0 Å². The second-order valence-electron chi connectivity index (χ2n) is 6.07. The number of hydrogen-bond acceptors (Lipinski definition) is 3. The molecular formula is C21H22FNOS. The lowest BCUT2D eigenvalue weighted by Gasteiger charge is -2.14. The Labute approximate surface area is 152 Å². The summed E-state index contributed by atoms with van der Waals surface area (Å²) in [6.07, 6.45) is 2.89. The molecule has 2 aromatic carbocycles. The van der Waals surface area contributed by atoms with Gasteiger partial charge < -0.3 is 9.64 Å². The minimum absolute atomic E-state index is 0.210. The van der Waals surface area contributed by atoms with Gasteiger partial charge in [-0.05, 0) is 54.7 Å². The number of hydrogen-bond donors (Lipinski definition) is 0. The largest absolute Gasteiger partial charge is 0.493 e. The molecule has 0 saturated heterocycles. The highest BCUT2D eigenvalue weighted by molar-refractivity contribution is 7.17. The number of likely N-dealkylation sites (N-methyl/N-ethyl adjacent to an activating group) is 1. The van der Waals surface area contributed by atoms with Crippen molar-refractivity contribution in [3.63, 3.8) is 0 Å². The summed E-state index contributed by atoms with van der Waals surface area (Å²) >= 11 is 1.68. The molecule has 2 nitrogen and oxygen atoms in total. The Bertz CT molecular complexity index is 841. The molecule has 0 fully saturated rings. The molecule has 1 aromatic heterocycles. The molecule has 0 atom stereocenters. The Morgan fingerprint density at radius 1 is 1.20 bits per heavy atom. The minimum atomic E-state index is -0.210. The lowest BCUT2D eigenvalue weighted by Crippen LogP contribution is -2.21. The molecule has 4 heteroatoms. The van der Waals surface area contributed by atoms with Gasteiger partial charge >= 0.3 is 0 Å². The van der Waals surface area contributed by atoms with Crippen LogP contribution >= 0.6 is 11.3 Å². The molecule has 130 valence electrons. The van der Waals surface area contributed by atoms with Crippen LogP contribution in [-0.4, -0.2) is 31.6 Å². The van der Waals surface area contributed by atoms with Gasteiger partial charge in [-0.2, -0.15) is 0 Å². The monoisotopic (exact) mass is 355 g/mol.